The summed E-state index contributed by atoms with van der Waals surface area (Å²) < 4.78 is 0.802. The van der Waals surface area contributed by atoms with E-state index in [0.717, 1.165) is 0 Å². The molecule has 0 rings (SSSR count). The minimum Gasteiger partial charge on any atom is -1.00 e. The molecule has 0 saturated carbocycles. The van der Waals surface area contributed by atoms with Gasteiger partial charge in [0, 0.05) is 9.49 Å². The van der Waals surface area contributed by atoms with E-state index in [1.165, 1.54) is 0 Å². The van der Waals surface area contributed by atoms with Gasteiger partial charge in [-0.2, -0.15) is 11.8 Å². The van der Waals surface area contributed by atoms with Gasteiger partial charge in [0.25, 0.3) is 0 Å². The summed E-state index contributed by atoms with van der Waals surface area (Å²) in [6, 6.07) is 0. The monoisotopic (exact) mass is 170 g/mol. The molecule has 0 aromatic carbocycles. The standard InChI is InChI=1S/C8H18S.Na.H/c1-7(2,3)9-8(4,5)6;;/h1-6H3;;/q;+1;-1. The van der Waals surface area contributed by atoms with Crippen molar-refractivity contribution in [2.24, 2.45) is 0 Å². The molecule has 0 saturated heterocycles. The van der Waals surface area contributed by atoms with E-state index in [9.17, 15) is 0 Å². The van der Waals surface area contributed by atoms with Crippen LogP contribution < -0.4 is 29.6 Å². The van der Waals surface area contributed by atoms with Crippen molar-refractivity contribution < 1.29 is 31.0 Å². The van der Waals surface area contributed by atoms with Crippen LogP contribution in [0.1, 0.15) is 43.0 Å². The van der Waals surface area contributed by atoms with Crippen LogP contribution >= 0.6 is 11.8 Å². The molecule has 0 nitrogen and oxygen atoms in total. The van der Waals surface area contributed by atoms with Crippen LogP contribution in [0.25, 0.3) is 0 Å². The quantitative estimate of drug-likeness (QED) is 0.475. The van der Waals surface area contributed by atoms with Gasteiger partial charge in [0.2, 0.25) is 0 Å². The van der Waals surface area contributed by atoms with E-state index < -0.39 is 0 Å². The molecule has 10 heavy (non-hydrogen) atoms. The molecule has 0 unspecified atom stereocenters. The molecule has 0 radical (unpaired) electrons. The molecule has 0 atom stereocenters. The minimum absolute atomic E-state index is 0. The van der Waals surface area contributed by atoms with Crippen LogP contribution in [0, 0.1) is 0 Å². The fraction of sp³-hybridized carbons (Fsp3) is 1.00. The first kappa shape index (κ1) is 13.9. The van der Waals surface area contributed by atoms with Gasteiger partial charge >= 0.3 is 29.6 Å². The van der Waals surface area contributed by atoms with E-state index in [1.54, 1.807) is 0 Å². The Labute approximate surface area is 93.3 Å². The van der Waals surface area contributed by atoms with Gasteiger partial charge in [-0.1, -0.05) is 41.5 Å². The third-order valence-electron chi connectivity index (χ3n) is 0.612. The summed E-state index contributed by atoms with van der Waals surface area (Å²) in [7, 11) is 0. The summed E-state index contributed by atoms with van der Waals surface area (Å²) in [5.74, 6) is 0. The first-order valence-corrected chi connectivity index (χ1v) is 4.22. The molecule has 58 valence electrons. The normalized spacial score (nSPS) is 12.6. The Morgan fingerprint density at radius 2 is 1.00 bits per heavy atom. The molecular weight excluding hydrogens is 151 g/mol. The fourth-order valence-corrected chi connectivity index (χ4v) is 2.76. The maximum Gasteiger partial charge on any atom is 1.00 e. The Bertz CT molecular complexity index is 79.2. The molecular formula is C8H19NaS. The van der Waals surface area contributed by atoms with E-state index >= 15 is 0 Å². The van der Waals surface area contributed by atoms with Gasteiger partial charge in [0.15, 0.2) is 0 Å². The van der Waals surface area contributed by atoms with Gasteiger partial charge < -0.3 is 1.43 Å². The molecule has 0 aromatic heterocycles. The van der Waals surface area contributed by atoms with Gasteiger partial charge in [-0.25, -0.2) is 0 Å². The van der Waals surface area contributed by atoms with Crippen molar-refractivity contribution in [1.29, 1.82) is 0 Å². The van der Waals surface area contributed by atoms with Crippen LogP contribution in [-0.4, -0.2) is 9.49 Å². The minimum atomic E-state index is 0. The molecule has 0 aliphatic rings. The van der Waals surface area contributed by atoms with Crippen LogP contribution in [0.5, 0.6) is 0 Å². The van der Waals surface area contributed by atoms with E-state index in [0.29, 0.717) is 9.49 Å². The maximum absolute atomic E-state index is 2.25. The third kappa shape index (κ3) is 12.1. The number of hydrogen-bond acceptors (Lipinski definition) is 1. The molecule has 0 bridgehead atoms. The Morgan fingerprint density at radius 3 is 1.00 bits per heavy atom. The summed E-state index contributed by atoms with van der Waals surface area (Å²) >= 11 is 2.01. The molecule has 0 aliphatic heterocycles. The maximum atomic E-state index is 2.25. The summed E-state index contributed by atoms with van der Waals surface area (Å²) in [6.45, 7) is 13.5. The smallest absolute Gasteiger partial charge is 1.00 e. The average molecular weight is 170 g/mol. The van der Waals surface area contributed by atoms with E-state index in [2.05, 4.69) is 41.5 Å². The van der Waals surface area contributed by atoms with Gasteiger partial charge in [-0.05, 0) is 0 Å². The Kier molecular flexibility index (Phi) is 6.11. The number of thioether (sulfide) groups is 1. The first-order valence-electron chi connectivity index (χ1n) is 3.41. The fourth-order valence-electron chi connectivity index (χ4n) is 0.919. The topological polar surface area (TPSA) is 0 Å². The van der Waals surface area contributed by atoms with Gasteiger partial charge in [0.1, 0.15) is 0 Å². The van der Waals surface area contributed by atoms with E-state index in [-0.39, 0.29) is 31.0 Å². The zero-order chi connectivity index (χ0) is 7.71. The summed E-state index contributed by atoms with van der Waals surface area (Å²) in [5, 5.41) is 0. The van der Waals surface area contributed by atoms with Crippen molar-refractivity contribution in [3.63, 3.8) is 0 Å². The van der Waals surface area contributed by atoms with Crippen LogP contribution in [0.2, 0.25) is 0 Å². The summed E-state index contributed by atoms with van der Waals surface area (Å²) in [6.07, 6.45) is 0. The van der Waals surface area contributed by atoms with Gasteiger partial charge in [-0.3, -0.25) is 0 Å². The van der Waals surface area contributed by atoms with Crippen LogP contribution in [-0.2, 0) is 0 Å². The molecule has 0 spiro atoms. The van der Waals surface area contributed by atoms with Gasteiger partial charge in [-0.15, -0.1) is 0 Å². The molecule has 2 heteroatoms. The van der Waals surface area contributed by atoms with Crippen molar-refractivity contribution in [2.45, 2.75) is 51.0 Å². The van der Waals surface area contributed by atoms with Crippen LogP contribution in [0.3, 0.4) is 0 Å². The van der Waals surface area contributed by atoms with Crippen LogP contribution in [0.4, 0.5) is 0 Å². The number of hydrogen-bond donors (Lipinski definition) is 0. The second-order valence-corrected chi connectivity index (χ2v) is 6.98. The van der Waals surface area contributed by atoms with Gasteiger partial charge in [0.05, 0.1) is 0 Å². The van der Waals surface area contributed by atoms with Crippen molar-refractivity contribution >= 4 is 11.8 Å². The van der Waals surface area contributed by atoms with Crippen molar-refractivity contribution in [3.05, 3.63) is 0 Å². The average Bonchev–Trinajstić information content (AvgIpc) is 1.14. The van der Waals surface area contributed by atoms with Crippen LogP contribution in [0.15, 0.2) is 0 Å². The van der Waals surface area contributed by atoms with Crippen molar-refractivity contribution in [2.75, 3.05) is 0 Å². The molecule has 0 aliphatic carbocycles. The summed E-state index contributed by atoms with van der Waals surface area (Å²) in [5.41, 5.74) is 0. The second kappa shape index (κ2) is 4.39. The molecule has 0 fully saturated rings. The Morgan fingerprint density at radius 1 is 0.800 bits per heavy atom. The predicted octanol–water partition coefficient (Wildman–Crippen LogP) is 0.433. The van der Waals surface area contributed by atoms with E-state index in [1.807, 2.05) is 11.8 Å². The molecule has 0 heterocycles. The molecule has 0 aromatic rings. The Balaban J connectivity index is -0.000000320. The van der Waals surface area contributed by atoms with Crippen molar-refractivity contribution in [1.82, 2.24) is 0 Å². The van der Waals surface area contributed by atoms with Crippen molar-refractivity contribution in [3.8, 4) is 0 Å². The second-order valence-electron chi connectivity index (χ2n) is 4.33. The molecule has 0 amide bonds. The number of rotatable bonds is 0. The SMILES string of the molecule is CC(C)(C)SC(C)(C)C.[H-].[Na+]. The summed E-state index contributed by atoms with van der Waals surface area (Å²) in [4.78, 5) is 0. The first-order chi connectivity index (χ1) is 3.71. The predicted molar refractivity (Wildman–Crippen MR) is 48.2 cm³/mol. The third-order valence-corrected chi connectivity index (χ3v) is 1.84. The Hall–Kier alpha value is 1.35. The largest absolute Gasteiger partial charge is 1.00 e. The van der Waals surface area contributed by atoms with E-state index in [4.69, 9.17) is 0 Å². The molecule has 0 N–H and O–H groups in total. The zero-order valence-electron chi connectivity index (χ0n) is 9.41. The zero-order valence-corrected chi connectivity index (χ0v) is 11.2.